The molecule has 0 unspecified atom stereocenters. The summed E-state index contributed by atoms with van der Waals surface area (Å²) in [5.74, 6) is 0. The van der Waals surface area contributed by atoms with Crippen LogP contribution in [-0.4, -0.2) is 22.9 Å². The van der Waals surface area contributed by atoms with Gasteiger partial charge in [-0.05, 0) is 0 Å². The molecule has 0 atom stereocenters. The molecule has 11 heteroatoms. The summed E-state index contributed by atoms with van der Waals surface area (Å²) in [6, 6.07) is 8.78. The molecule has 0 aliphatic carbocycles. The van der Waals surface area contributed by atoms with Crippen molar-refractivity contribution >= 4 is 25.6 Å². The molecule has 2 aromatic carbocycles. The van der Waals surface area contributed by atoms with Gasteiger partial charge in [0.1, 0.15) is 0 Å². The van der Waals surface area contributed by atoms with E-state index in [1.165, 1.54) is 101 Å². The van der Waals surface area contributed by atoms with Gasteiger partial charge in [-0.15, -0.1) is 0 Å². The van der Waals surface area contributed by atoms with Gasteiger partial charge in [0, 0.05) is 0 Å². The van der Waals surface area contributed by atoms with Crippen LogP contribution in [0.2, 0.25) is 0 Å². The van der Waals surface area contributed by atoms with Crippen LogP contribution in [0.3, 0.4) is 0 Å². The van der Waals surface area contributed by atoms with Crippen molar-refractivity contribution in [2.75, 3.05) is 5.73 Å². The van der Waals surface area contributed by atoms with E-state index in [1.807, 2.05) is 0 Å². The number of nitrogens with two attached hydrogens (primary N) is 1. The molecule has 0 radical (unpaired) electrons. The Balaban J connectivity index is 2.38. The van der Waals surface area contributed by atoms with E-state index < -0.39 is 44.7 Å². The molecule has 0 heterocycles. The third kappa shape index (κ3) is 16.5. The molecule has 8 nitrogen and oxygen atoms in total. The van der Waals surface area contributed by atoms with Crippen LogP contribution in [0.5, 0.6) is 0 Å². The Hall–Kier alpha value is -1.43. The molecule has 0 fully saturated rings. The number of anilines is 1. The summed E-state index contributed by atoms with van der Waals surface area (Å²) in [4.78, 5) is 0.0996. The normalized spacial score (nSPS) is 12.2. The van der Waals surface area contributed by atoms with E-state index in [-0.39, 0.29) is 14.7 Å². The maximum absolute atomic E-state index is 14.1. The second-order valence-corrected chi connectivity index (χ2v) is 19.3. The number of rotatable bonds is 29. The average molecular weight is 772 g/mol. The summed E-state index contributed by atoms with van der Waals surface area (Å²) in [6.45, 7) is 7.77. The van der Waals surface area contributed by atoms with Crippen LogP contribution >= 0.6 is 0 Å². The first-order valence-corrected chi connectivity index (χ1v) is 24.1. The fourth-order valence-corrected chi connectivity index (χ4v) is 11.0. The summed E-state index contributed by atoms with van der Waals surface area (Å²) in [5, 5.41) is 0. The minimum absolute atomic E-state index is 0.103. The van der Waals surface area contributed by atoms with E-state index in [4.69, 9.17) is 11.8 Å². The van der Waals surface area contributed by atoms with E-state index in [1.54, 1.807) is 26.0 Å². The number of unbranched alkanes of at least 4 members (excludes halogenated alkanes) is 18. The van der Waals surface area contributed by atoms with Crippen LogP contribution in [0.25, 0.3) is 0 Å². The van der Waals surface area contributed by atoms with E-state index in [9.17, 15) is 20.2 Å². The zero-order valence-electron chi connectivity index (χ0n) is 31.3. The predicted molar refractivity (Wildman–Crippen MR) is 199 cm³/mol. The van der Waals surface area contributed by atoms with Gasteiger partial charge in [0.05, 0.1) is 0 Å². The first-order chi connectivity index (χ1) is 23.9. The molecular formula is C39H65NO7S2Ti. The number of hydrogen-bond donors (Lipinski definition) is 1. The van der Waals surface area contributed by atoms with Gasteiger partial charge in [0.15, 0.2) is 0 Å². The molecule has 2 rings (SSSR count). The second-order valence-electron chi connectivity index (χ2n) is 13.9. The maximum atomic E-state index is 14.1. The van der Waals surface area contributed by atoms with E-state index >= 15 is 0 Å². The van der Waals surface area contributed by atoms with E-state index in [0.29, 0.717) is 36.1 Å². The van der Waals surface area contributed by atoms with Crippen molar-refractivity contribution in [2.24, 2.45) is 0 Å². The van der Waals surface area contributed by atoms with Gasteiger partial charge in [-0.3, -0.25) is 0 Å². The van der Waals surface area contributed by atoms with Gasteiger partial charge >= 0.3 is 255 Å². The van der Waals surface area contributed by atoms with E-state index in [2.05, 4.69) is 13.8 Å². The Morgan fingerprint density at radius 1 is 0.580 bits per heavy atom. The molecule has 0 aliphatic heterocycles. The van der Waals surface area contributed by atoms with Crippen molar-refractivity contribution in [2.45, 2.75) is 190 Å². The SMILES string of the molecule is CCCCCCCCCCCCc1c(S(=O)(=O)[O][Ti](=[O])[O]C(C)C)ccc(S(=O)(=O)c2ccc(N)cc2)c1CCCCCCCCCCCC. The van der Waals surface area contributed by atoms with Crippen LogP contribution in [0.15, 0.2) is 51.1 Å². The monoisotopic (exact) mass is 771 g/mol. The van der Waals surface area contributed by atoms with Crippen molar-refractivity contribution in [3.05, 3.63) is 47.5 Å². The standard InChI is InChI=1S/C36H59NO5S2.C3H7O.O.Ti/c1-3-5-7-9-11-13-15-17-19-21-23-33-34(24-22-20-18-16-14-12-10-8-6-4-2)36(44(40,41)42)30-29-35(33)43(38,39)32-27-25-31(37)26-28-32;1-3(2)4;;/h25-30H,3-24,37H2,1-2H3,(H,40,41,42);3H,1-2H3;;/q;-1;;+2/p-1. The Labute approximate surface area is 311 Å². The summed E-state index contributed by atoms with van der Waals surface area (Å²) in [6.07, 6.45) is 22.9. The number of hydrogen-bond acceptors (Lipinski definition) is 8. The van der Waals surface area contributed by atoms with E-state index in [0.717, 1.165) is 44.9 Å². The van der Waals surface area contributed by atoms with Gasteiger partial charge in [-0.2, -0.15) is 0 Å². The zero-order chi connectivity index (χ0) is 36.8. The van der Waals surface area contributed by atoms with Gasteiger partial charge in [-0.1, -0.05) is 58.8 Å². The molecule has 0 saturated heterocycles. The topological polar surface area (TPSA) is 130 Å². The third-order valence-electron chi connectivity index (χ3n) is 9.16. The van der Waals surface area contributed by atoms with Crippen LogP contribution in [-0.2, 0) is 60.8 Å². The van der Waals surface area contributed by atoms with Gasteiger partial charge < -0.3 is 0 Å². The quantitative estimate of drug-likeness (QED) is 0.0491. The second kappa shape index (κ2) is 24.7. The van der Waals surface area contributed by atoms with Crippen LogP contribution in [0.1, 0.15) is 167 Å². The van der Waals surface area contributed by atoms with Crippen molar-refractivity contribution in [1.82, 2.24) is 0 Å². The molecule has 0 aromatic heterocycles. The Morgan fingerprint density at radius 2 is 0.960 bits per heavy atom. The number of benzene rings is 2. The van der Waals surface area contributed by atoms with Gasteiger partial charge in [-0.25, -0.2) is 0 Å². The molecule has 2 aromatic rings. The van der Waals surface area contributed by atoms with Crippen molar-refractivity contribution < 1.29 is 44.9 Å². The predicted octanol–water partition coefficient (Wildman–Crippen LogP) is 11.0. The van der Waals surface area contributed by atoms with Crippen molar-refractivity contribution in [1.29, 1.82) is 0 Å². The molecule has 0 bridgehead atoms. The average Bonchev–Trinajstić information content (AvgIpc) is 3.06. The van der Waals surface area contributed by atoms with Crippen LogP contribution in [0.4, 0.5) is 5.69 Å². The summed E-state index contributed by atoms with van der Waals surface area (Å²) >= 11 is -4.07. The molecule has 0 aliphatic rings. The first kappa shape index (κ1) is 44.7. The molecule has 0 saturated carbocycles. The van der Waals surface area contributed by atoms with Crippen molar-refractivity contribution in [3.63, 3.8) is 0 Å². The Bertz CT molecular complexity index is 1480. The molecular weight excluding hydrogens is 706 g/mol. The Morgan fingerprint density at radius 3 is 1.38 bits per heavy atom. The zero-order valence-corrected chi connectivity index (χ0v) is 34.5. The van der Waals surface area contributed by atoms with Gasteiger partial charge in [0.25, 0.3) is 0 Å². The number of sulfone groups is 1. The molecule has 0 spiro atoms. The van der Waals surface area contributed by atoms with Crippen LogP contribution < -0.4 is 5.73 Å². The fraction of sp³-hybridized carbons (Fsp3) is 0.692. The molecule has 50 heavy (non-hydrogen) atoms. The van der Waals surface area contributed by atoms with Crippen molar-refractivity contribution in [3.8, 4) is 0 Å². The fourth-order valence-electron chi connectivity index (χ4n) is 6.38. The molecule has 284 valence electrons. The minimum Gasteiger partial charge on any atom is -0.0654 e. The Kier molecular flexibility index (Phi) is 22.1. The summed E-state index contributed by atoms with van der Waals surface area (Å²) in [7, 11) is -8.47. The van der Waals surface area contributed by atoms with Gasteiger partial charge in [0.2, 0.25) is 0 Å². The smallest absolute Gasteiger partial charge is 0.0654 e. The number of nitrogen functional groups attached to an aromatic ring is 1. The molecule has 2 N–H and O–H groups in total. The molecule has 0 amide bonds. The van der Waals surface area contributed by atoms with Crippen LogP contribution in [0, 0.1) is 0 Å². The minimum atomic E-state index is -4.48. The third-order valence-corrected chi connectivity index (χ3v) is 15.0. The first-order valence-electron chi connectivity index (χ1n) is 19.3. The summed E-state index contributed by atoms with van der Waals surface area (Å²) in [5.41, 5.74) is 7.28. The summed E-state index contributed by atoms with van der Waals surface area (Å²) < 4.78 is 78.6.